The maximum atomic E-state index is 5.84. The van der Waals surface area contributed by atoms with Crippen LogP contribution in [0.15, 0.2) is 52.9 Å². The zero-order valence-corrected chi connectivity index (χ0v) is 11.4. The first kappa shape index (κ1) is 12.8. The second-order valence-electron chi connectivity index (χ2n) is 4.81. The lowest BCUT2D eigenvalue weighted by Crippen LogP contribution is -2.02. The average Bonchev–Trinajstić information content (AvgIpc) is 2.84. The molecule has 3 heteroatoms. The average molecular weight is 267 g/mol. The van der Waals surface area contributed by atoms with E-state index < -0.39 is 0 Å². The number of benzene rings is 2. The molecule has 3 nitrogen and oxygen atoms in total. The molecule has 102 valence electrons. The van der Waals surface area contributed by atoms with Crippen molar-refractivity contribution in [1.82, 2.24) is 0 Å². The quantitative estimate of drug-likeness (QED) is 0.782. The maximum absolute atomic E-state index is 5.84. The van der Waals surface area contributed by atoms with Gasteiger partial charge in [0, 0.05) is 10.9 Å². The van der Waals surface area contributed by atoms with Gasteiger partial charge < -0.3 is 14.9 Å². The van der Waals surface area contributed by atoms with Gasteiger partial charge in [-0.05, 0) is 25.1 Å². The predicted octanol–water partition coefficient (Wildman–Crippen LogP) is 3.78. The molecule has 2 aromatic carbocycles. The molecule has 0 radical (unpaired) electrons. The van der Waals surface area contributed by atoms with Crippen LogP contribution in [-0.2, 0) is 13.2 Å². The molecule has 20 heavy (non-hydrogen) atoms. The number of ether oxygens (including phenoxy) is 1. The molecule has 0 spiro atoms. The number of hydrogen-bond acceptors (Lipinski definition) is 3. The molecule has 0 unspecified atom stereocenters. The molecule has 0 aliphatic heterocycles. The number of para-hydroxylation sites is 1. The van der Waals surface area contributed by atoms with Gasteiger partial charge in [0.1, 0.15) is 23.7 Å². The van der Waals surface area contributed by atoms with Gasteiger partial charge in [-0.15, -0.1) is 0 Å². The maximum Gasteiger partial charge on any atom is 0.134 e. The highest BCUT2D eigenvalue weighted by Crippen LogP contribution is 2.27. The van der Waals surface area contributed by atoms with Gasteiger partial charge >= 0.3 is 0 Å². The summed E-state index contributed by atoms with van der Waals surface area (Å²) in [6.45, 7) is 2.90. The second-order valence-corrected chi connectivity index (χ2v) is 4.81. The molecule has 1 aromatic heterocycles. The SMILES string of the molecule is Cc1ccc(OCc2c(CN)oc3ccccc23)cc1. The van der Waals surface area contributed by atoms with Crippen molar-refractivity contribution in [2.24, 2.45) is 5.73 Å². The van der Waals surface area contributed by atoms with Gasteiger partial charge in [0.05, 0.1) is 6.54 Å². The van der Waals surface area contributed by atoms with Crippen molar-refractivity contribution in [3.8, 4) is 5.75 Å². The Kier molecular flexibility index (Phi) is 3.44. The van der Waals surface area contributed by atoms with E-state index in [0.29, 0.717) is 13.2 Å². The normalized spacial score (nSPS) is 10.9. The molecule has 3 rings (SSSR count). The Morgan fingerprint density at radius 2 is 1.80 bits per heavy atom. The summed E-state index contributed by atoms with van der Waals surface area (Å²) >= 11 is 0. The first-order valence-electron chi connectivity index (χ1n) is 6.67. The van der Waals surface area contributed by atoms with Crippen LogP contribution in [-0.4, -0.2) is 0 Å². The van der Waals surface area contributed by atoms with Crippen molar-refractivity contribution < 1.29 is 9.15 Å². The smallest absolute Gasteiger partial charge is 0.134 e. The first-order valence-corrected chi connectivity index (χ1v) is 6.67. The molecule has 0 fully saturated rings. The largest absolute Gasteiger partial charge is 0.489 e. The molecule has 0 saturated carbocycles. The minimum absolute atomic E-state index is 0.376. The standard InChI is InChI=1S/C17H17NO2/c1-12-6-8-13(9-7-12)19-11-15-14-4-2-3-5-16(14)20-17(15)10-18/h2-9H,10-11,18H2,1H3. The van der Waals surface area contributed by atoms with E-state index in [2.05, 4.69) is 6.92 Å². The van der Waals surface area contributed by atoms with E-state index in [4.69, 9.17) is 14.9 Å². The molecule has 1 heterocycles. The highest BCUT2D eigenvalue weighted by Gasteiger charge is 2.13. The van der Waals surface area contributed by atoms with Crippen LogP contribution in [0.25, 0.3) is 11.0 Å². The summed E-state index contributed by atoms with van der Waals surface area (Å²) in [5, 5.41) is 1.07. The Balaban J connectivity index is 1.88. The minimum atomic E-state index is 0.376. The number of fused-ring (bicyclic) bond motifs is 1. The molecular formula is C17H17NO2. The first-order chi connectivity index (χ1) is 9.78. The molecule has 0 bridgehead atoms. The summed E-state index contributed by atoms with van der Waals surface area (Å²) < 4.78 is 11.6. The van der Waals surface area contributed by atoms with Crippen molar-refractivity contribution in [2.75, 3.05) is 0 Å². The Hall–Kier alpha value is -2.26. The van der Waals surface area contributed by atoms with Crippen molar-refractivity contribution in [1.29, 1.82) is 0 Å². The van der Waals surface area contributed by atoms with Crippen molar-refractivity contribution in [3.63, 3.8) is 0 Å². The van der Waals surface area contributed by atoms with Crippen LogP contribution in [0.4, 0.5) is 0 Å². The highest BCUT2D eigenvalue weighted by molar-refractivity contribution is 5.82. The van der Waals surface area contributed by atoms with Gasteiger partial charge in [-0.2, -0.15) is 0 Å². The van der Waals surface area contributed by atoms with Crippen LogP contribution in [0, 0.1) is 6.92 Å². The van der Waals surface area contributed by atoms with Crippen LogP contribution >= 0.6 is 0 Å². The summed E-state index contributed by atoms with van der Waals surface area (Å²) in [5.41, 5.74) is 8.86. The van der Waals surface area contributed by atoms with Crippen LogP contribution in [0.5, 0.6) is 5.75 Å². The third kappa shape index (κ3) is 2.40. The molecular weight excluding hydrogens is 250 g/mol. The Labute approximate surface area is 118 Å². The summed E-state index contributed by atoms with van der Waals surface area (Å²) in [4.78, 5) is 0. The summed E-state index contributed by atoms with van der Waals surface area (Å²) in [7, 11) is 0. The van der Waals surface area contributed by atoms with E-state index in [1.165, 1.54) is 5.56 Å². The van der Waals surface area contributed by atoms with E-state index in [1.807, 2.05) is 48.5 Å². The van der Waals surface area contributed by atoms with E-state index in [0.717, 1.165) is 28.0 Å². The Bertz CT molecular complexity index is 713. The lowest BCUT2D eigenvalue weighted by Gasteiger charge is -2.06. The van der Waals surface area contributed by atoms with Crippen LogP contribution < -0.4 is 10.5 Å². The molecule has 0 atom stereocenters. The number of nitrogens with two attached hydrogens (primary N) is 1. The topological polar surface area (TPSA) is 48.4 Å². The lowest BCUT2D eigenvalue weighted by molar-refractivity contribution is 0.303. The molecule has 2 N–H and O–H groups in total. The van der Waals surface area contributed by atoms with Gasteiger partial charge in [0.15, 0.2) is 0 Å². The van der Waals surface area contributed by atoms with E-state index in [1.54, 1.807) is 0 Å². The zero-order chi connectivity index (χ0) is 13.9. The summed E-state index contributed by atoms with van der Waals surface area (Å²) in [5.74, 6) is 1.64. The molecule has 0 aliphatic rings. The number of hydrogen-bond donors (Lipinski definition) is 1. The van der Waals surface area contributed by atoms with Crippen molar-refractivity contribution in [2.45, 2.75) is 20.1 Å². The molecule has 0 saturated heterocycles. The number of aryl methyl sites for hydroxylation is 1. The number of furan rings is 1. The highest BCUT2D eigenvalue weighted by atomic mass is 16.5. The summed E-state index contributed by atoms with van der Waals surface area (Å²) in [6.07, 6.45) is 0. The van der Waals surface area contributed by atoms with Crippen LogP contribution in [0.1, 0.15) is 16.9 Å². The van der Waals surface area contributed by atoms with Crippen molar-refractivity contribution >= 4 is 11.0 Å². The zero-order valence-electron chi connectivity index (χ0n) is 11.4. The Morgan fingerprint density at radius 3 is 2.55 bits per heavy atom. The van der Waals surface area contributed by atoms with E-state index in [-0.39, 0.29) is 0 Å². The van der Waals surface area contributed by atoms with E-state index >= 15 is 0 Å². The molecule has 0 amide bonds. The minimum Gasteiger partial charge on any atom is -0.489 e. The van der Waals surface area contributed by atoms with Gasteiger partial charge in [-0.25, -0.2) is 0 Å². The van der Waals surface area contributed by atoms with Crippen LogP contribution in [0.3, 0.4) is 0 Å². The predicted molar refractivity (Wildman–Crippen MR) is 79.6 cm³/mol. The van der Waals surface area contributed by atoms with Gasteiger partial charge in [-0.1, -0.05) is 35.9 Å². The van der Waals surface area contributed by atoms with Crippen LogP contribution in [0.2, 0.25) is 0 Å². The molecule has 0 aliphatic carbocycles. The fourth-order valence-electron chi connectivity index (χ4n) is 2.26. The van der Waals surface area contributed by atoms with Gasteiger partial charge in [-0.3, -0.25) is 0 Å². The van der Waals surface area contributed by atoms with Crippen molar-refractivity contribution in [3.05, 3.63) is 65.4 Å². The van der Waals surface area contributed by atoms with E-state index in [9.17, 15) is 0 Å². The third-order valence-corrected chi connectivity index (χ3v) is 3.37. The monoisotopic (exact) mass is 267 g/mol. The summed E-state index contributed by atoms with van der Waals surface area (Å²) in [6, 6.07) is 15.9. The molecule has 3 aromatic rings. The third-order valence-electron chi connectivity index (χ3n) is 3.37. The second kappa shape index (κ2) is 5.39. The van der Waals surface area contributed by atoms with Gasteiger partial charge in [0.2, 0.25) is 0 Å². The lowest BCUT2D eigenvalue weighted by atomic mass is 10.1. The fourth-order valence-corrected chi connectivity index (χ4v) is 2.26. The van der Waals surface area contributed by atoms with Gasteiger partial charge in [0.25, 0.3) is 0 Å². The number of rotatable bonds is 4. The Morgan fingerprint density at radius 1 is 1.05 bits per heavy atom. The fraction of sp³-hybridized carbons (Fsp3) is 0.176.